The van der Waals surface area contributed by atoms with E-state index in [9.17, 15) is 18.0 Å². The first-order valence-electron chi connectivity index (χ1n) is 10.4. The molecule has 5 rings (SSSR count). The highest BCUT2D eigenvalue weighted by Gasteiger charge is 2.45. The Morgan fingerprint density at radius 2 is 1.97 bits per heavy atom. The van der Waals surface area contributed by atoms with Crippen molar-refractivity contribution in [1.29, 1.82) is 0 Å². The van der Waals surface area contributed by atoms with Gasteiger partial charge in [-0.3, -0.25) is 4.79 Å². The zero-order valence-electron chi connectivity index (χ0n) is 17.3. The number of nitrogens with one attached hydrogen (secondary N) is 2. The molecule has 32 heavy (non-hydrogen) atoms. The van der Waals surface area contributed by atoms with Crippen molar-refractivity contribution in [3.05, 3.63) is 57.8 Å². The largest absolute Gasteiger partial charge is 0.408 e. The summed E-state index contributed by atoms with van der Waals surface area (Å²) in [6.07, 6.45) is -1.52. The van der Waals surface area contributed by atoms with Gasteiger partial charge in [-0.15, -0.1) is 11.3 Å². The molecule has 0 amide bonds. The molecule has 1 atom stereocenters. The maximum absolute atomic E-state index is 13.6. The van der Waals surface area contributed by atoms with Gasteiger partial charge >= 0.3 is 6.18 Å². The van der Waals surface area contributed by atoms with Crippen LogP contribution >= 0.6 is 11.3 Å². The summed E-state index contributed by atoms with van der Waals surface area (Å²) in [4.78, 5) is 26.3. The third-order valence-electron chi connectivity index (χ3n) is 5.87. The third-order valence-corrected chi connectivity index (χ3v) is 6.90. The first-order chi connectivity index (χ1) is 15.3. The van der Waals surface area contributed by atoms with Crippen LogP contribution in [0.1, 0.15) is 24.1 Å². The van der Waals surface area contributed by atoms with E-state index in [0.717, 1.165) is 21.5 Å². The van der Waals surface area contributed by atoms with Gasteiger partial charge in [0.15, 0.2) is 0 Å². The Labute approximate surface area is 185 Å². The molecule has 1 saturated heterocycles. The van der Waals surface area contributed by atoms with Crippen molar-refractivity contribution in [3.63, 3.8) is 0 Å². The highest BCUT2D eigenvalue weighted by atomic mass is 32.1. The zero-order valence-corrected chi connectivity index (χ0v) is 18.1. The van der Waals surface area contributed by atoms with Gasteiger partial charge in [0, 0.05) is 29.1 Å². The van der Waals surface area contributed by atoms with Crippen LogP contribution in [0.5, 0.6) is 0 Å². The number of hydrogen-bond acceptors (Lipinski definition) is 4. The van der Waals surface area contributed by atoms with Gasteiger partial charge < -0.3 is 14.9 Å². The quantitative estimate of drug-likeness (QED) is 0.403. The lowest BCUT2D eigenvalue weighted by Crippen LogP contribution is -2.49. The van der Waals surface area contributed by atoms with Gasteiger partial charge in [0.1, 0.15) is 17.5 Å². The van der Waals surface area contributed by atoms with Crippen molar-refractivity contribution in [2.24, 2.45) is 0 Å². The highest BCUT2D eigenvalue weighted by Crippen LogP contribution is 2.37. The third kappa shape index (κ3) is 3.81. The van der Waals surface area contributed by atoms with Crippen LogP contribution in [0.4, 0.5) is 19.0 Å². The molecule has 1 unspecified atom stereocenters. The second kappa shape index (κ2) is 7.81. The van der Waals surface area contributed by atoms with Gasteiger partial charge in [-0.2, -0.15) is 13.2 Å². The lowest BCUT2D eigenvalue weighted by molar-refractivity contribution is -0.152. The Hall–Kier alpha value is -3.07. The van der Waals surface area contributed by atoms with E-state index in [4.69, 9.17) is 0 Å². The maximum atomic E-state index is 13.6. The van der Waals surface area contributed by atoms with Gasteiger partial charge in [-0.1, -0.05) is 0 Å². The Kier molecular flexibility index (Phi) is 5.08. The predicted molar refractivity (Wildman–Crippen MR) is 121 cm³/mol. The number of piperidine rings is 1. The van der Waals surface area contributed by atoms with Crippen LogP contribution in [0.3, 0.4) is 0 Å². The molecule has 2 N–H and O–H groups in total. The standard InChI is InChI=1S/C23H21F3N4OS/c1-13-5-6-18(32-13)17-12-16-15(7-8-27-22(16)28-17)14-10-20(29-21(31)11-14)30-9-3-2-4-19(30)23(24,25)26/h5-8,10-12,19H,2-4,9H2,1H3,(H,27,28)(H,29,31). The fourth-order valence-corrected chi connectivity index (χ4v) is 5.23. The van der Waals surface area contributed by atoms with E-state index in [1.54, 1.807) is 29.7 Å². The summed E-state index contributed by atoms with van der Waals surface area (Å²) < 4.78 is 40.9. The molecular weight excluding hydrogens is 437 g/mol. The molecule has 0 bridgehead atoms. The molecule has 4 aromatic rings. The lowest BCUT2D eigenvalue weighted by Gasteiger charge is -2.38. The molecule has 5 nitrogen and oxygen atoms in total. The summed E-state index contributed by atoms with van der Waals surface area (Å²) in [5.41, 5.74) is 2.46. The summed E-state index contributed by atoms with van der Waals surface area (Å²) in [5, 5.41) is 0.816. The molecule has 166 valence electrons. The Balaban J connectivity index is 1.60. The average molecular weight is 459 g/mol. The van der Waals surface area contributed by atoms with E-state index in [-0.39, 0.29) is 18.8 Å². The van der Waals surface area contributed by atoms with E-state index in [1.165, 1.54) is 15.8 Å². The highest BCUT2D eigenvalue weighted by molar-refractivity contribution is 7.15. The number of thiophene rings is 1. The topological polar surface area (TPSA) is 64.8 Å². The molecule has 5 heterocycles. The second-order valence-corrected chi connectivity index (χ2v) is 9.37. The molecule has 4 aromatic heterocycles. The Bertz CT molecular complexity index is 1340. The van der Waals surface area contributed by atoms with Crippen molar-refractivity contribution in [2.45, 2.75) is 38.4 Å². The number of rotatable bonds is 3. The average Bonchev–Trinajstić information content (AvgIpc) is 3.38. The summed E-state index contributed by atoms with van der Waals surface area (Å²) in [6, 6.07) is 9.30. The second-order valence-electron chi connectivity index (χ2n) is 8.08. The van der Waals surface area contributed by atoms with Crippen LogP contribution in [0, 0.1) is 6.92 Å². The number of aryl methyl sites for hydroxylation is 1. The number of halogens is 3. The molecular formula is C23H21F3N4OS. The zero-order chi connectivity index (χ0) is 22.5. The maximum Gasteiger partial charge on any atom is 0.408 e. The molecule has 0 aromatic carbocycles. The van der Waals surface area contributed by atoms with Crippen molar-refractivity contribution in [3.8, 4) is 21.7 Å². The van der Waals surface area contributed by atoms with Crippen LogP contribution in [-0.2, 0) is 0 Å². The summed E-state index contributed by atoms with van der Waals surface area (Å²) >= 11 is 1.66. The van der Waals surface area contributed by atoms with Crippen molar-refractivity contribution >= 4 is 28.2 Å². The Morgan fingerprint density at radius 3 is 2.72 bits per heavy atom. The minimum Gasteiger partial charge on any atom is -0.346 e. The Morgan fingerprint density at radius 1 is 1.12 bits per heavy atom. The smallest absolute Gasteiger partial charge is 0.346 e. The summed E-state index contributed by atoms with van der Waals surface area (Å²) in [7, 11) is 0. The SMILES string of the molecule is Cc1ccc(-c2cc3c(-c4cc(N5CCCCC5C(F)(F)F)[nH]c(=O)c4)ccnc3[nH]2)s1. The number of pyridine rings is 2. The molecule has 0 saturated carbocycles. The molecule has 0 aliphatic carbocycles. The van der Waals surface area contributed by atoms with Crippen LogP contribution in [-0.4, -0.2) is 33.7 Å². The number of aromatic nitrogens is 3. The normalized spacial score (nSPS) is 17.2. The first-order valence-corrected chi connectivity index (χ1v) is 11.2. The number of fused-ring (bicyclic) bond motifs is 1. The van der Waals surface area contributed by atoms with Gasteiger partial charge in [-0.05, 0) is 67.6 Å². The summed E-state index contributed by atoms with van der Waals surface area (Å²) in [5.74, 6) is 0.198. The predicted octanol–water partition coefficient (Wildman–Crippen LogP) is 5.88. The van der Waals surface area contributed by atoms with Crippen molar-refractivity contribution < 1.29 is 13.2 Å². The van der Waals surface area contributed by atoms with E-state index in [1.807, 2.05) is 25.1 Å². The minimum absolute atomic E-state index is 0.0245. The fourth-order valence-electron chi connectivity index (χ4n) is 4.39. The molecule has 1 aliphatic rings. The number of aromatic amines is 2. The number of alkyl halides is 3. The van der Waals surface area contributed by atoms with E-state index < -0.39 is 17.8 Å². The summed E-state index contributed by atoms with van der Waals surface area (Å²) in [6.45, 7) is 2.29. The van der Waals surface area contributed by atoms with Gasteiger partial charge in [0.2, 0.25) is 5.56 Å². The number of hydrogen-bond donors (Lipinski definition) is 2. The number of nitrogens with zero attached hydrogens (tertiary/aromatic N) is 2. The van der Waals surface area contributed by atoms with Crippen LogP contribution < -0.4 is 10.5 Å². The minimum atomic E-state index is -4.36. The van der Waals surface area contributed by atoms with Crippen molar-refractivity contribution in [1.82, 2.24) is 15.0 Å². The first kappa shape index (κ1) is 20.8. The van der Waals surface area contributed by atoms with Crippen LogP contribution in [0.2, 0.25) is 0 Å². The molecule has 9 heteroatoms. The van der Waals surface area contributed by atoms with Crippen LogP contribution in [0.15, 0.2) is 47.4 Å². The van der Waals surface area contributed by atoms with Gasteiger partial charge in [0.05, 0.1) is 10.6 Å². The molecule has 0 spiro atoms. The fraction of sp³-hybridized carbons (Fsp3) is 0.304. The molecule has 0 radical (unpaired) electrons. The molecule has 1 fully saturated rings. The van der Waals surface area contributed by atoms with Crippen molar-refractivity contribution in [2.75, 3.05) is 11.4 Å². The van der Waals surface area contributed by atoms with E-state index >= 15 is 0 Å². The molecule has 1 aliphatic heterocycles. The van der Waals surface area contributed by atoms with Gasteiger partial charge in [-0.25, -0.2) is 4.98 Å². The number of anilines is 1. The monoisotopic (exact) mass is 458 g/mol. The van der Waals surface area contributed by atoms with E-state index in [0.29, 0.717) is 24.1 Å². The lowest BCUT2D eigenvalue weighted by atomic mass is 10.0. The van der Waals surface area contributed by atoms with E-state index in [2.05, 4.69) is 15.0 Å². The van der Waals surface area contributed by atoms with Gasteiger partial charge in [0.25, 0.3) is 0 Å². The number of H-pyrrole nitrogens is 2. The van der Waals surface area contributed by atoms with Crippen LogP contribution in [0.25, 0.3) is 32.7 Å².